The fourth-order valence-electron chi connectivity index (χ4n) is 1.44. The van der Waals surface area contributed by atoms with Crippen LogP contribution >= 0.6 is 0 Å². The summed E-state index contributed by atoms with van der Waals surface area (Å²) < 4.78 is 64.0. The zero-order chi connectivity index (χ0) is 13.9. The van der Waals surface area contributed by atoms with Gasteiger partial charge in [-0.3, -0.25) is 0 Å². The largest absolute Gasteiger partial charge is 0.329 e. The number of nitrogens with zero attached hydrogens (tertiary/aromatic N) is 1. The maximum atomic E-state index is 13.4. The highest BCUT2D eigenvalue weighted by Gasteiger charge is 2.28. The number of benzene rings is 1. The lowest BCUT2D eigenvalue weighted by Crippen LogP contribution is -2.35. The Morgan fingerprint density at radius 2 is 1.83 bits per heavy atom. The summed E-state index contributed by atoms with van der Waals surface area (Å²) in [6, 6.07) is 1.27. The smallest absolute Gasteiger partial charge is 0.246 e. The van der Waals surface area contributed by atoms with Crippen molar-refractivity contribution < 1.29 is 21.6 Å². The van der Waals surface area contributed by atoms with E-state index in [1.807, 2.05) is 0 Å². The molecule has 4 nitrogen and oxygen atoms in total. The van der Waals surface area contributed by atoms with Gasteiger partial charge in [-0.2, -0.15) is 4.31 Å². The van der Waals surface area contributed by atoms with Gasteiger partial charge in [-0.25, -0.2) is 21.6 Å². The van der Waals surface area contributed by atoms with Crippen LogP contribution in [0.1, 0.15) is 6.92 Å². The molecule has 18 heavy (non-hydrogen) atoms. The van der Waals surface area contributed by atoms with Gasteiger partial charge in [-0.1, -0.05) is 6.92 Å². The number of hydrogen-bond donors (Lipinski definition) is 1. The summed E-state index contributed by atoms with van der Waals surface area (Å²) >= 11 is 0. The molecule has 1 aromatic rings. The molecule has 0 spiro atoms. The highest BCUT2D eigenvalue weighted by atomic mass is 32.2. The minimum Gasteiger partial charge on any atom is -0.329 e. The summed E-state index contributed by atoms with van der Waals surface area (Å²) in [6.07, 6.45) is 0. The normalized spacial score (nSPS) is 12.1. The first-order valence-electron chi connectivity index (χ1n) is 5.20. The van der Waals surface area contributed by atoms with Crippen molar-refractivity contribution in [2.75, 3.05) is 19.6 Å². The molecule has 0 aliphatic heterocycles. The lowest BCUT2D eigenvalue weighted by Gasteiger charge is -2.20. The summed E-state index contributed by atoms with van der Waals surface area (Å²) in [5.74, 6) is -4.96. The van der Waals surface area contributed by atoms with E-state index in [0.29, 0.717) is 12.1 Å². The third-order valence-corrected chi connectivity index (χ3v) is 4.34. The molecule has 0 fully saturated rings. The predicted octanol–water partition coefficient (Wildman–Crippen LogP) is 1.07. The van der Waals surface area contributed by atoms with Crippen molar-refractivity contribution in [3.05, 3.63) is 29.6 Å². The van der Waals surface area contributed by atoms with E-state index in [2.05, 4.69) is 0 Å². The Balaban J connectivity index is 3.32. The van der Waals surface area contributed by atoms with Crippen molar-refractivity contribution in [2.45, 2.75) is 11.8 Å². The second-order valence-corrected chi connectivity index (χ2v) is 5.37. The monoisotopic (exact) mass is 282 g/mol. The summed E-state index contributed by atoms with van der Waals surface area (Å²) in [6.45, 7) is 1.60. The lowest BCUT2D eigenvalue weighted by molar-refractivity contribution is 0.412. The van der Waals surface area contributed by atoms with Gasteiger partial charge in [-0.15, -0.1) is 0 Å². The molecule has 0 amide bonds. The van der Waals surface area contributed by atoms with Crippen LogP contribution in [0.25, 0.3) is 0 Å². The molecule has 0 heterocycles. The number of likely N-dealkylation sites (N-methyl/N-ethyl adjacent to an activating group) is 1. The molecule has 0 radical (unpaired) electrons. The van der Waals surface area contributed by atoms with Gasteiger partial charge in [0.2, 0.25) is 10.0 Å². The van der Waals surface area contributed by atoms with Crippen LogP contribution in [0.5, 0.6) is 0 Å². The summed E-state index contributed by atoms with van der Waals surface area (Å²) in [7, 11) is -4.21. The summed E-state index contributed by atoms with van der Waals surface area (Å²) in [5.41, 5.74) is 5.24. The van der Waals surface area contributed by atoms with E-state index < -0.39 is 32.4 Å². The Morgan fingerprint density at radius 1 is 1.22 bits per heavy atom. The minimum atomic E-state index is -4.21. The number of nitrogens with two attached hydrogens (primary N) is 1. The number of rotatable bonds is 5. The molecule has 0 atom stereocenters. The van der Waals surface area contributed by atoms with Crippen LogP contribution in [0, 0.1) is 17.5 Å². The first-order chi connectivity index (χ1) is 8.36. The molecule has 0 aliphatic carbocycles. The lowest BCUT2D eigenvalue weighted by atomic mass is 10.3. The number of sulfonamides is 1. The van der Waals surface area contributed by atoms with Crippen molar-refractivity contribution >= 4 is 10.0 Å². The highest BCUT2D eigenvalue weighted by molar-refractivity contribution is 7.89. The number of halogens is 3. The molecule has 0 aromatic heterocycles. The van der Waals surface area contributed by atoms with Crippen LogP contribution in [0.2, 0.25) is 0 Å². The summed E-state index contributed by atoms with van der Waals surface area (Å²) in [5, 5.41) is 0. The topological polar surface area (TPSA) is 63.4 Å². The van der Waals surface area contributed by atoms with E-state index in [9.17, 15) is 21.6 Å². The first-order valence-corrected chi connectivity index (χ1v) is 6.64. The summed E-state index contributed by atoms with van der Waals surface area (Å²) in [4.78, 5) is -0.892. The number of hydrogen-bond acceptors (Lipinski definition) is 3. The molecule has 2 N–H and O–H groups in total. The fraction of sp³-hybridized carbons (Fsp3) is 0.400. The van der Waals surface area contributed by atoms with Gasteiger partial charge in [0, 0.05) is 19.6 Å². The van der Waals surface area contributed by atoms with Gasteiger partial charge in [-0.05, 0) is 12.1 Å². The molecule has 102 valence electrons. The average molecular weight is 282 g/mol. The Bertz CT molecular complexity index is 534. The van der Waals surface area contributed by atoms with Crippen LogP contribution in [0.4, 0.5) is 13.2 Å². The van der Waals surface area contributed by atoms with Crippen molar-refractivity contribution in [3.63, 3.8) is 0 Å². The van der Waals surface area contributed by atoms with E-state index in [0.717, 1.165) is 4.31 Å². The Labute approximate surface area is 103 Å². The van der Waals surface area contributed by atoms with Crippen LogP contribution in [0.15, 0.2) is 17.0 Å². The molecule has 0 bridgehead atoms. The van der Waals surface area contributed by atoms with Crippen molar-refractivity contribution in [3.8, 4) is 0 Å². The van der Waals surface area contributed by atoms with E-state index >= 15 is 0 Å². The molecule has 1 aromatic carbocycles. The van der Waals surface area contributed by atoms with Gasteiger partial charge in [0.15, 0.2) is 17.5 Å². The first kappa shape index (κ1) is 14.9. The van der Waals surface area contributed by atoms with Gasteiger partial charge in [0.25, 0.3) is 0 Å². The third kappa shape index (κ3) is 2.65. The van der Waals surface area contributed by atoms with E-state index in [1.54, 1.807) is 0 Å². The Hall–Kier alpha value is -1.12. The second-order valence-electron chi connectivity index (χ2n) is 3.46. The molecular formula is C10H13F3N2O2S. The zero-order valence-corrected chi connectivity index (χ0v) is 10.5. The van der Waals surface area contributed by atoms with Crippen molar-refractivity contribution in [2.24, 2.45) is 5.73 Å². The minimum absolute atomic E-state index is 0.0305. The van der Waals surface area contributed by atoms with Gasteiger partial charge >= 0.3 is 0 Å². The fourth-order valence-corrected chi connectivity index (χ4v) is 2.96. The van der Waals surface area contributed by atoms with Gasteiger partial charge in [0.1, 0.15) is 4.90 Å². The molecule has 0 unspecified atom stereocenters. The van der Waals surface area contributed by atoms with Crippen molar-refractivity contribution in [1.82, 2.24) is 4.31 Å². The van der Waals surface area contributed by atoms with Crippen LogP contribution in [-0.4, -0.2) is 32.4 Å². The van der Waals surface area contributed by atoms with Crippen molar-refractivity contribution in [1.29, 1.82) is 0 Å². The van der Waals surface area contributed by atoms with E-state index in [-0.39, 0.29) is 19.6 Å². The quantitative estimate of drug-likeness (QED) is 0.822. The van der Waals surface area contributed by atoms with Crippen LogP contribution in [-0.2, 0) is 10.0 Å². The maximum absolute atomic E-state index is 13.4. The molecule has 1 rings (SSSR count). The van der Waals surface area contributed by atoms with Gasteiger partial charge in [0.05, 0.1) is 0 Å². The molecule has 0 aliphatic rings. The van der Waals surface area contributed by atoms with Gasteiger partial charge < -0.3 is 5.73 Å². The molecule has 0 saturated heterocycles. The van der Waals surface area contributed by atoms with Crippen LogP contribution < -0.4 is 5.73 Å². The SMILES string of the molecule is CCN(CCN)S(=O)(=O)c1ccc(F)c(F)c1F. The highest BCUT2D eigenvalue weighted by Crippen LogP contribution is 2.22. The maximum Gasteiger partial charge on any atom is 0.246 e. The molecule has 8 heteroatoms. The Morgan fingerprint density at radius 3 is 2.33 bits per heavy atom. The molecular weight excluding hydrogens is 269 g/mol. The zero-order valence-electron chi connectivity index (χ0n) is 9.66. The average Bonchev–Trinajstić information content (AvgIpc) is 2.32. The Kier molecular flexibility index (Phi) is 4.71. The third-order valence-electron chi connectivity index (χ3n) is 2.35. The second kappa shape index (κ2) is 5.68. The molecule has 0 saturated carbocycles. The van der Waals surface area contributed by atoms with E-state index in [1.165, 1.54) is 6.92 Å². The van der Waals surface area contributed by atoms with E-state index in [4.69, 9.17) is 5.73 Å². The predicted molar refractivity (Wildman–Crippen MR) is 59.8 cm³/mol. The van der Waals surface area contributed by atoms with Crippen LogP contribution in [0.3, 0.4) is 0 Å². The standard InChI is InChI=1S/C10H13F3N2O2S/c1-2-15(6-5-14)18(16,17)8-4-3-7(11)9(12)10(8)13/h3-4H,2,5-6,14H2,1H3.